The van der Waals surface area contributed by atoms with E-state index < -0.39 is 35.9 Å². The molecule has 28 heavy (non-hydrogen) atoms. The van der Waals surface area contributed by atoms with Gasteiger partial charge in [0, 0.05) is 17.8 Å². The van der Waals surface area contributed by atoms with Crippen LogP contribution in [-0.2, 0) is 9.59 Å². The van der Waals surface area contributed by atoms with Crippen molar-refractivity contribution in [1.82, 2.24) is 16.0 Å². The number of anilines is 1. The number of amides is 4. The summed E-state index contributed by atoms with van der Waals surface area (Å²) in [5.74, 6) is -2.55. The molecule has 0 aliphatic carbocycles. The number of aliphatic carboxylic acids is 1. The van der Waals surface area contributed by atoms with Crippen LogP contribution in [0.5, 0.6) is 0 Å². The summed E-state index contributed by atoms with van der Waals surface area (Å²) in [4.78, 5) is 47.0. The Morgan fingerprint density at radius 2 is 1.68 bits per heavy atom. The molecule has 0 aliphatic heterocycles. The number of hydrogen-bond acceptors (Lipinski definition) is 5. The standard InChI is InChI=1S/C18H27N5O5/c1-10(2)14(23-15(24)11-5-7-12(19)8-6-11)16(25)22-13(17(26)27)4-3-9-21-18(20)28/h5-8,10,13-14H,3-4,9,19H2,1-2H3,(H,22,25)(H,23,24)(H,26,27)(H3,20,21,28)/t13-,14-/m0/s1. The molecule has 0 bridgehead atoms. The zero-order valence-electron chi connectivity index (χ0n) is 15.9. The van der Waals surface area contributed by atoms with Crippen LogP contribution in [0.1, 0.15) is 37.0 Å². The number of carboxylic acids is 1. The monoisotopic (exact) mass is 393 g/mol. The van der Waals surface area contributed by atoms with E-state index in [-0.39, 0.29) is 18.9 Å². The van der Waals surface area contributed by atoms with E-state index in [1.165, 1.54) is 12.1 Å². The van der Waals surface area contributed by atoms with Crippen LogP contribution in [0.2, 0.25) is 0 Å². The number of nitrogen functional groups attached to an aromatic ring is 1. The molecule has 154 valence electrons. The Balaban J connectivity index is 2.73. The fraction of sp³-hybridized carbons (Fsp3) is 0.444. The van der Waals surface area contributed by atoms with Gasteiger partial charge in [-0.25, -0.2) is 9.59 Å². The first-order chi connectivity index (χ1) is 13.1. The van der Waals surface area contributed by atoms with Crippen molar-refractivity contribution < 1.29 is 24.3 Å². The number of nitrogens with one attached hydrogen (secondary N) is 3. The van der Waals surface area contributed by atoms with E-state index in [0.29, 0.717) is 17.7 Å². The summed E-state index contributed by atoms with van der Waals surface area (Å²) in [5, 5.41) is 16.7. The van der Waals surface area contributed by atoms with Crippen LogP contribution in [-0.4, -0.2) is 47.5 Å². The zero-order valence-corrected chi connectivity index (χ0v) is 15.9. The minimum Gasteiger partial charge on any atom is -0.480 e. The fourth-order valence-electron chi connectivity index (χ4n) is 2.43. The molecular formula is C18H27N5O5. The van der Waals surface area contributed by atoms with Gasteiger partial charge in [-0.05, 0) is 43.0 Å². The molecular weight excluding hydrogens is 366 g/mol. The third-order valence-electron chi connectivity index (χ3n) is 3.99. The van der Waals surface area contributed by atoms with Crippen LogP contribution in [0.15, 0.2) is 24.3 Å². The molecule has 0 saturated carbocycles. The van der Waals surface area contributed by atoms with Crippen molar-refractivity contribution in [1.29, 1.82) is 0 Å². The molecule has 0 unspecified atom stereocenters. The van der Waals surface area contributed by atoms with Gasteiger partial charge in [-0.3, -0.25) is 9.59 Å². The molecule has 0 heterocycles. The van der Waals surface area contributed by atoms with Crippen LogP contribution < -0.4 is 27.4 Å². The van der Waals surface area contributed by atoms with E-state index in [2.05, 4.69) is 16.0 Å². The quantitative estimate of drug-likeness (QED) is 0.241. The molecule has 0 spiro atoms. The van der Waals surface area contributed by atoms with E-state index in [1.807, 2.05) is 0 Å². The lowest BCUT2D eigenvalue weighted by Gasteiger charge is -2.24. The molecule has 0 aromatic heterocycles. The largest absolute Gasteiger partial charge is 0.480 e. The van der Waals surface area contributed by atoms with Crippen molar-refractivity contribution in [2.45, 2.75) is 38.8 Å². The molecule has 0 saturated heterocycles. The summed E-state index contributed by atoms with van der Waals surface area (Å²) in [5.41, 5.74) is 11.4. The van der Waals surface area contributed by atoms with Gasteiger partial charge in [0.25, 0.3) is 5.91 Å². The number of benzene rings is 1. The first-order valence-corrected chi connectivity index (χ1v) is 8.84. The van der Waals surface area contributed by atoms with Gasteiger partial charge in [0.1, 0.15) is 12.1 Å². The summed E-state index contributed by atoms with van der Waals surface area (Å²) < 4.78 is 0. The first kappa shape index (κ1) is 22.7. The van der Waals surface area contributed by atoms with Crippen LogP contribution in [0.3, 0.4) is 0 Å². The average Bonchev–Trinajstić information content (AvgIpc) is 2.61. The number of nitrogens with two attached hydrogens (primary N) is 2. The SMILES string of the molecule is CC(C)[C@H](NC(=O)c1ccc(N)cc1)C(=O)N[C@@H](CCCNC(N)=O)C(=O)O. The summed E-state index contributed by atoms with van der Waals surface area (Å²) in [6.45, 7) is 3.66. The molecule has 10 nitrogen and oxygen atoms in total. The maximum absolute atomic E-state index is 12.6. The highest BCUT2D eigenvalue weighted by atomic mass is 16.4. The van der Waals surface area contributed by atoms with Crippen LogP contribution in [0.4, 0.5) is 10.5 Å². The van der Waals surface area contributed by atoms with Crippen LogP contribution >= 0.6 is 0 Å². The number of primary amides is 1. The molecule has 2 atom stereocenters. The predicted molar refractivity (Wildman–Crippen MR) is 103 cm³/mol. The molecule has 8 N–H and O–H groups in total. The number of carbonyl (C=O) groups excluding carboxylic acids is 3. The van der Waals surface area contributed by atoms with E-state index in [9.17, 15) is 24.3 Å². The van der Waals surface area contributed by atoms with Gasteiger partial charge < -0.3 is 32.5 Å². The van der Waals surface area contributed by atoms with Crippen molar-refractivity contribution in [2.24, 2.45) is 11.7 Å². The van der Waals surface area contributed by atoms with Gasteiger partial charge in [0.15, 0.2) is 0 Å². The molecule has 1 aromatic carbocycles. The van der Waals surface area contributed by atoms with Crippen molar-refractivity contribution >= 4 is 29.5 Å². The number of rotatable bonds is 10. The molecule has 1 aromatic rings. The van der Waals surface area contributed by atoms with Crippen molar-refractivity contribution in [2.75, 3.05) is 12.3 Å². The van der Waals surface area contributed by atoms with Crippen molar-refractivity contribution in [3.8, 4) is 0 Å². The number of carbonyl (C=O) groups is 4. The third-order valence-corrected chi connectivity index (χ3v) is 3.99. The first-order valence-electron chi connectivity index (χ1n) is 8.84. The lowest BCUT2D eigenvalue weighted by atomic mass is 10.0. The van der Waals surface area contributed by atoms with Crippen LogP contribution in [0.25, 0.3) is 0 Å². The highest BCUT2D eigenvalue weighted by Crippen LogP contribution is 2.09. The second-order valence-corrected chi connectivity index (χ2v) is 6.65. The molecule has 0 fully saturated rings. The van der Waals surface area contributed by atoms with Gasteiger partial charge in [-0.15, -0.1) is 0 Å². The highest BCUT2D eigenvalue weighted by Gasteiger charge is 2.28. The molecule has 4 amide bonds. The Kier molecular flexibility index (Phi) is 8.73. The predicted octanol–water partition coefficient (Wildman–Crippen LogP) is 0.0411. The Labute approximate surface area is 163 Å². The second kappa shape index (κ2) is 10.8. The topological polar surface area (TPSA) is 177 Å². The summed E-state index contributed by atoms with van der Waals surface area (Å²) in [6.07, 6.45) is 0.405. The lowest BCUT2D eigenvalue weighted by Crippen LogP contribution is -2.53. The van der Waals surface area contributed by atoms with Crippen LogP contribution in [0, 0.1) is 5.92 Å². The number of urea groups is 1. The lowest BCUT2D eigenvalue weighted by molar-refractivity contribution is -0.142. The minimum atomic E-state index is -1.21. The highest BCUT2D eigenvalue weighted by molar-refractivity contribution is 5.98. The summed E-state index contributed by atoms with van der Waals surface area (Å²) in [7, 11) is 0. The van der Waals surface area contributed by atoms with Crippen molar-refractivity contribution in [3.63, 3.8) is 0 Å². The minimum absolute atomic E-state index is 0.0953. The number of hydrogen-bond donors (Lipinski definition) is 6. The molecule has 10 heteroatoms. The molecule has 0 aliphatic rings. The smallest absolute Gasteiger partial charge is 0.326 e. The maximum atomic E-state index is 12.6. The van der Waals surface area contributed by atoms with Gasteiger partial charge >= 0.3 is 12.0 Å². The average molecular weight is 393 g/mol. The molecule has 1 rings (SSSR count). The van der Waals surface area contributed by atoms with E-state index >= 15 is 0 Å². The Bertz CT molecular complexity index is 705. The molecule has 0 radical (unpaired) electrons. The van der Waals surface area contributed by atoms with Crippen molar-refractivity contribution in [3.05, 3.63) is 29.8 Å². The summed E-state index contributed by atoms with van der Waals surface area (Å²) in [6, 6.07) is 3.42. The summed E-state index contributed by atoms with van der Waals surface area (Å²) >= 11 is 0. The Morgan fingerprint density at radius 3 is 2.18 bits per heavy atom. The normalized spacial score (nSPS) is 12.7. The Morgan fingerprint density at radius 1 is 1.07 bits per heavy atom. The van der Waals surface area contributed by atoms with Gasteiger partial charge in [-0.1, -0.05) is 13.8 Å². The number of carboxylic acid groups (broad SMARTS) is 1. The van der Waals surface area contributed by atoms with E-state index in [0.717, 1.165) is 0 Å². The van der Waals surface area contributed by atoms with E-state index in [4.69, 9.17) is 11.5 Å². The van der Waals surface area contributed by atoms with Gasteiger partial charge in [0.2, 0.25) is 5.91 Å². The Hall–Kier alpha value is -3.30. The maximum Gasteiger partial charge on any atom is 0.326 e. The van der Waals surface area contributed by atoms with E-state index in [1.54, 1.807) is 26.0 Å². The second-order valence-electron chi connectivity index (χ2n) is 6.65. The third kappa shape index (κ3) is 7.52. The fourth-order valence-corrected chi connectivity index (χ4v) is 2.43. The van der Waals surface area contributed by atoms with Gasteiger partial charge in [-0.2, -0.15) is 0 Å². The zero-order chi connectivity index (χ0) is 21.3. The van der Waals surface area contributed by atoms with Gasteiger partial charge in [0.05, 0.1) is 0 Å².